The van der Waals surface area contributed by atoms with Crippen LogP contribution in [0, 0.1) is 0 Å². The van der Waals surface area contributed by atoms with Crippen LogP contribution in [0.25, 0.3) is 54.3 Å². The van der Waals surface area contributed by atoms with E-state index in [1.54, 1.807) is 23.6 Å². The Balaban J connectivity index is 1.38. The molecule has 0 unspecified atom stereocenters. The monoisotopic (exact) mass is 677 g/mol. The highest BCUT2D eigenvalue weighted by molar-refractivity contribution is 7.25. The summed E-state index contributed by atoms with van der Waals surface area (Å²) >= 11 is 1.74. The summed E-state index contributed by atoms with van der Waals surface area (Å²) in [5, 5.41) is 2.17. The van der Waals surface area contributed by atoms with E-state index in [4.69, 9.17) is 24.9 Å². The van der Waals surface area contributed by atoms with Crippen LogP contribution < -0.4 is 0 Å². The van der Waals surface area contributed by atoms with Crippen LogP contribution in [-0.2, 0) is 0 Å². The molecule has 2 aromatic heterocycles. The summed E-state index contributed by atoms with van der Waals surface area (Å²) in [5.74, 6) is 2.46. The predicted octanol–water partition coefficient (Wildman–Crippen LogP) is 11.7. The van der Waals surface area contributed by atoms with Gasteiger partial charge in [-0.15, -0.1) is 11.3 Å². The van der Waals surface area contributed by atoms with E-state index in [1.165, 1.54) is 5.57 Å². The molecule has 1 aliphatic rings. The van der Waals surface area contributed by atoms with Crippen molar-refractivity contribution < 1.29 is 0 Å². The molecule has 0 radical (unpaired) electrons. The van der Waals surface area contributed by atoms with Gasteiger partial charge in [0.25, 0.3) is 0 Å². The van der Waals surface area contributed by atoms with Crippen molar-refractivity contribution in [1.29, 1.82) is 0 Å². The summed E-state index contributed by atoms with van der Waals surface area (Å²) in [4.78, 5) is 24.9. The van der Waals surface area contributed by atoms with Gasteiger partial charge in [-0.2, -0.15) is 0 Å². The number of benzene rings is 4. The molecule has 0 N–H and O–H groups in total. The normalized spacial score (nSPS) is 14.5. The minimum Gasteiger partial charge on any atom is -0.237 e. The molecule has 51 heavy (non-hydrogen) atoms. The Kier molecular flexibility index (Phi) is 10.0. The molecule has 4 aromatic carbocycles. The molecule has 7 rings (SSSR count). The third kappa shape index (κ3) is 7.47. The Bertz CT molecular complexity index is 2420. The summed E-state index contributed by atoms with van der Waals surface area (Å²) in [6.07, 6.45) is 20.3. The van der Waals surface area contributed by atoms with E-state index >= 15 is 0 Å². The zero-order valence-electron chi connectivity index (χ0n) is 28.3. The molecular formula is C45H35N5S. The molecular weight excluding hydrogens is 643 g/mol. The summed E-state index contributed by atoms with van der Waals surface area (Å²) in [5.41, 5.74) is 6.48. The Morgan fingerprint density at radius 1 is 0.765 bits per heavy atom. The number of nitrogens with zero attached hydrogens (tertiary/aromatic N) is 5. The lowest BCUT2D eigenvalue weighted by atomic mass is 10.0. The third-order valence-electron chi connectivity index (χ3n) is 8.36. The lowest BCUT2D eigenvalue weighted by Crippen LogP contribution is -2.05. The van der Waals surface area contributed by atoms with E-state index in [1.807, 2.05) is 103 Å². The second-order valence-electron chi connectivity index (χ2n) is 11.8. The first kappa shape index (κ1) is 33.1. The Morgan fingerprint density at radius 2 is 1.47 bits per heavy atom. The molecule has 0 aliphatic heterocycles. The third-order valence-corrected chi connectivity index (χ3v) is 9.49. The number of aromatic nitrogens is 3. The standard InChI is InChI=1S/C45H35N5S/c1-4-17-32(5-2)19-14-15-29-46-42(47-38-25-13-12-18-31(38)3)35-27-28-39-37(30-35)41-36(24-16-26-40(41)51-39)45-49-43(33-20-8-6-9-21-33)48-44(50-45)34-22-10-7-11-23-34/h4,6-30H,1,3,5H2,2H3/b19-14-,29-15-,32-17+,46-42+,47-38-. The van der Waals surface area contributed by atoms with E-state index in [0.717, 1.165) is 60.1 Å². The van der Waals surface area contributed by atoms with Crippen LogP contribution in [0.15, 0.2) is 192 Å². The van der Waals surface area contributed by atoms with E-state index < -0.39 is 0 Å². The number of fused-ring (bicyclic) bond motifs is 3. The topological polar surface area (TPSA) is 63.4 Å². The quantitative estimate of drug-likeness (QED) is 0.0869. The van der Waals surface area contributed by atoms with Gasteiger partial charge in [0.1, 0.15) is 0 Å². The van der Waals surface area contributed by atoms with Crippen molar-refractivity contribution in [2.45, 2.75) is 13.3 Å². The fraction of sp³-hybridized carbons (Fsp3) is 0.0444. The lowest BCUT2D eigenvalue weighted by Gasteiger charge is -2.10. The highest BCUT2D eigenvalue weighted by Crippen LogP contribution is 2.40. The average molecular weight is 678 g/mol. The molecule has 1 aliphatic carbocycles. The van der Waals surface area contributed by atoms with Crippen LogP contribution in [0.1, 0.15) is 18.9 Å². The van der Waals surface area contributed by atoms with Crippen molar-refractivity contribution in [2.75, 3.05) is 0 Å². The van der Waals surface area contributed by atoms with Gasteiger partial charge in [-0.1, -0.05) is 135 Å². The molecule has 0 spiro atoms. The SMILES string of the molecule is C=C/C=C(/C=C\C=C/N=C(/N=C1/C=CC=CC1=C)c1ccc2sc3cccc(-c4nc(-c5ccccc5)nc(-c5ccccc5)n4)c3c2c1)CC. The van der Waals surface area contributed by atoms with Gasteiger partial charge in [-0.05, 0) is 54.0 Å². The van der Waals surface area contributed by atoms with Crippen molar-refractivity contribution >= 4 is 43.1 Å². The number of thiophene rings is 1. The summed E-state index contributed by atoms with van der Waals surface area (Å²) in [7, 11) is 0. The average Bonchev–Trinajstić information content (AvgIpc) is 3.56. The van der Waals surface area contributed by atoms with Crippen molar-refractivity contribution in [3.8, 4) is 34.2 Å². The Hall–Kier alpha value is -6.37. The molecule has 0 saturated heterocycles. The van der Waals surface area contributed by atoms with Crippen LogP contribution in [0.2, 0.25) is 0 Å². The van der Waals surface area contributed by atoms with Gasteiger partial charge >= 0.3 is 0 Å². The largest absolute Gasteiger partial charge is 0.237 e. The molecule has 0 saturated carbocycles. The number of hydrogen-bond donors (Lipinski definition) is 0. The Morgan fingerprint density at radius 3 is 2.16 bits per heavy atom. The first-order valence-corrected chi connectivity index (χ1v) is 17.6. The van der Waals surface area contributed by atoms with Gasteiger partial charge in [-0.25, -0.2) is 24.9 Å². The second-order valence-corrected chi connectivity index (χ2v) is 12.8. The summed E-state index contributed by atoms with van der Waals surface area (Å²) in [6, 6.07) is 32.8. The first-order chi connectivity index (χ1) is 25.1. The molecule has 0 amide bonds. The van der Waals surface area contributed by atoms with Crippen molar-refractivity contribution in [3.63, 3.8) is 0 Å². The smallest absolute Gasteiger partial charge is 0.164 e. The maximum Gasteiger partial charge on any atom is 0.164 e. The molecule has 6 heteroatoms. The van der Waals surface area contributed by atoms with Crippen LogP contribution in [0.5, 0.6) is 0 Å². The first-order valence-electron chi connectivity index (χ1n) is 16.8. The van der Waals surface area contributed by atoms with E-state index in [-0.39, 0.29) is 0 Å². The van der Waals surface area contributed by atoms with Crippen LogP contribution in [-0.4, -0.2) is 26.5 Å². The minimum absolute atomic E-state index is 0.588. The zero-order valence-corrected chi connectivity index (χ0v) is 29.1. The number of allylic oxidation sites excluding steroid dienone is 11. The van der Waals surface area contributed by atoms with Gasteiger partial charge < -0.3 is 0 Å². The summed E-state index contributed by atoms with van der Waals surface area (Å²) in [6.45, 7) is 10.1. The van der Waals surface area contributed by atoms with Crippen LogP contribution >= 0.6 is 11.3 Å². The van der Waals surface area contributed by atoms with Gasteiger partial charge in [0.05, 0.1) is 5.71 Å². The maximum atomic E-state index is 5.06. The second kappa shape index (κ2) is 15.5. The van der Waals surface area contributed by atoms with E-state index in [2.05, 4.69) is 62.6 Å². The molecule has 6 aromatic rings. The van der Waals surface area contributed by atoms with Crippen LogP contribution in [0.4, 0.5) is 0 Å². The van der Waals surface area contributed by atoms with Gasteiger partial charge in [0, 0.05) is 48.6 Å². The maximum absolute atomic E-state index is 5.06. The predicted molar refractivity (Wildman–Crippen MR) is 217 cm³/mol. The highest BCUT2D eigenvalue weighted by Gasteiger charge is 2.18. The number of aliphatic imine (C=N–C) groups is 2. The molecule has 0 atom stereocenters. The number of amidine groups is 1. The fourth-order valence-electron chi connectivity index (χ4n) is 5.77. The van der Waals surface area contributed by atoms with Gasteiger partial charge in [0.15, 0.2) is 23.3 Å². The van der Waals surface area contributed by atoms with Gasteiger partial charge in [-0.3, -0.25) is 0 Å². The van der Waals surface area contributed by atoms with E-state index in [9.17, 15) is 0 Å². The number of rotatable bonds is 9. The minimum atomic E-state index is 0.588. The Labute approximate surface area is 302 Å². The number of hydrogen-bond acceptors (Lipinski definition) is 5. The van der Waals surface area contributed by atoms with Crippen molar-refractivity contribution in [1.82, 2.24) is 15.0 Å². The molecule has 2 heterocycles. The fourth-order valence-corrected chi connectivity index (χ4v) is 6.88. The van der Waals surface area contributed by atoms with Gasteiger partial charge in [0.2, 0.25) is 0 Å². The van der Waals surface area contributed by atoms with Crippen molar-refractivity contribution in [2.24, 2.45) is 9.98 Å². The molecule has 0 bridgehead atoms. The zero-order chi connectivity index (χ0) is 35.0. The molecule has 0 fully saturated rings. The van der Waals surface area contributed by atoms with Crippen molar-refractivity contribution in [3.05, 3.63) is 188 Å². The molecule has 5 nitrogen and oxygen atoms in total. The molecule has 246 valence electrons. The lowest BCUT2D eigenvalue weighted by molar-refractivity contribution is 1.08. The van der Waals surface area contributed by atoms with E-state index in [0.29, 0.717) is 23.3 Å². The van der Waals surface area contributed by atoms with Crippen LogP contribution in [0.3, 0.4) is 0 Å². The summed E-state index contributed by atoms with van der Waals surface area (Å²) < 4.78 is 2.30. The highest BCUT2D eigenvalue weighted by atomic mass is 32.1.